The summed E-state index contributed by atoms with van der Waals surface area (Å²) in [5, 5.41) is 1.13. The minimum absolute atomic E-state index is 0.00885. The summed E-state index contributed by atoms with van der Waals surface area (Å²) < 4.78 is 11.0. The van der Waals surface area contributed by atoms with Crippen LogP contribution in [0.5, 0.6) is 0 Å². The SMILES string of the molecule is CCOC(=O)c1c(C)oc(-c2ccc(Cl)cc2)c1CC(=O)c1ccc(Cl)cc1. The van der Waals surface area contributed by atoms with E-state index in [0.717, 1.165) is 5.56 Å². The van der Waals surface area contributed by atoms with Crippen molar-refractivity contribution in [3.05, 3.63) is 81.0 Å². The molecule has 28 heavy (non-hydrogen) atoms. The summed E-state index contributed by atoms with van der Waals surface area (Å²) in [7, 11) is 0. The number of ether oxygens (including phenoxy) is 1. The van der Waals surface area contributed by atoms with Crippen LogP contribution in [0.1, 0.15) is 39.0 Å². The molecule has 2 aromatic carbocycles. The molecule has 0 spiro atoms. The predicted octanol–water partition coefficient (Wildman–Crippen LogP) is 6.16. The minimum Gasteiger partial charge on any atom is -0.462 e. The van der Waals surface area contributed by atoms with Gasteiger partial charge in [0.25, 0.3) is 0 Å². The molecule has 0 atom stereocenters. The van der Waals surface area contributed by atoms with Gasteiger partial charge in [0.15, 0.2) is 5.78 Å². The zero-order valence-electron chi connectivity index (χ0n) is 15.4. The van der Waals surface area contributed by atoms with E-state index < -0.39 is 5.97 Å². The van der Waals surface area contributed by atoms with Gasteiger partial charge in [0, 0.05) is 33.2 Å². The van der Waals surface area contributed by atoms with Crippen molar-refractivity contribution in [1.29, 1.82) is 0 Å². The molecule has 0 fully saturated rings. The van der Waals surface area contributed by atoms with E-state index in [9.17, 15) is 9.59 Å². The normalized spacial score (nSPS) is 10.7. The number of halogens is 2. The lowest BCUT2D eigenvalue weighted by atomic mass is 9.96. The highest BCUT2D eigenvalue weighted by atomic mass is 35.5. The van der Waals surface area contributed by atoms with Gasteiger partial charge < -0.3 is 9.15 Å². The summed E-state index contributed by atoms with van der Waals surface area (Å²) in [6, 6.07) is 13.6. The molecule has 1 heterocycles. The van der Waals surface area contributed by atoms with Gasteiger partial charge in [-0.3, -0.25) is 4.79 Å². The molecule has 0 unspecified atom stereocenters. The fourth-order valence-electron chi connectivity index (χ4n) is 2.96. The fraction of sp³-hybridized carbons (Fsp3) is 0.182. The third kappa shape index (κ3) is 4.29. The van der Waals surface area contributed by atoms with Gasteiger partial charge in [0.05, 0.1) is 6.61 Å². The Labute approximate surface area is 173 Å². The van der Waals surface area contributed by atoms with Gasteiger partial charge in [0.1, 0.15) is 17.1 Å². The Morgan fingerprint density at radius 2 is 1.54 bits per heavy atom. The average molecular weight is 417 g/mol. The van der Waals surface area contributed by atoms with Gasteiger partial charge in [-0.05, 0) is 62.4 Å². The maximum absolute atomic E-state index is 12.8. The Morgan fingerprint density at radius 1 is 0.964 bits per heavy atom. The molecular formula is C22H18Cl2O4. The molecule has 0 bridgehead atoms. The topological polar surface area (TPSA) is 56.5 Å². The molecule has 0 aliphatic rings. The van der Waals surface area contributed by atoms with Crippen LogP contribution in [0.25, 0.3) is 11.3 Å². The molecule has 0 aliphatic carbocycles. The van der Waals surface area contributed by atoms with Gasteiger partial charge in [-0.15, -0.1) is 0 Å². The number of ketones is 1. The summed E-state index contributed by atoms with van der Waals surface area (Å²) in [5.41, 5.74) is 2.01. The molecule has 3 aromatic rings. The van der Waals surface area contributed by atoms with Crippen LogP contribution < -0.4 is 0 Å². The van der Waals surface area contributed by atoms with Crippen LogP contribution in [0.3, 0.4) is 0 Å². The third-order valence-electron chi connectivity index (χ3n) is 4.27. The molecule has 3 rings (SSSR count). The summed E-state index contributed by atoms with van der Waals surface area (Å²) in [6.45, 7) is 3.64. The smallest absolute Gasteiger partial charge is 0.342 e. The van der Waals surface area contributed by atoms with Crippen molar-refractivity contribution in [3.8, 4) is 11.3 Å². The fourth-order valence-corrected chi connectivity index (χ4v) is 3.22. The monoisotopic (exact) mass is 416 g/mol. The van der Waals surface area contributed by atoms with Crippen molar-refractivity contribution in [2.24, 2.45) is 0 Å². The van der Waals surface area contributed by atoms with E-state index in [4.69, 9.17) is 32.4 Å². The standard InChI is InChI=1S/C22H18Cl2O4/c1-3-27-22(26)20-13(2)28-21(15-6-10-17(24)11-7-15)18(20)12-19(25)14-4-8-16(23)9-5-14/h4-11H,3,12H2,1-2H3. The second kappa shape index (κ2) is 8.63. The van der Waals surface area contributed by atoms with E-state index in [-0.39, 0.29) is 24.4 Å². The molecule has 144 valence electrons. The van der Waals surface area contributed by atoms with Crippen molar-refractivity contribution in [2.45, 2.75) is 20.3 Å². The van der Waals surface area contributed by atoms with Crippen molar-refractivity contribution in [3.63, 3.8) is 0 Å². The lowest BCUT2D eigenvalue weighted by Gasteiger charge is -2.07. The number of furan rings is 1. The molecule has 0 N–H and O–H groups in total. The largest absolute Gasteiger partial charge is 0.462 e. The molecule has 1 aromatic heterocycles. The van der Waals surface area contributed by atoms with Crippen LogP contribution in [0.4, 0.5) is 0 Å². The van der Waals surface area contributed by atoms with Crippen LogP contribution >= 0.6 is 23.2 Å². The van der Waals surface area contributed by atoms with Gasteiger partial charge >= 0.3 is 5.97 Å². The summed E-state index contributed by atoms with van der Waals surface area (Å²) in [6.07, 6.45) is -0.00885. The molecule has 0 radical (unpaired) electrons. The highest BCUT2D eigenvalue weighted by molar-refractivity contribution is 6.31. The number of rotatable bonds is 6. The summed E-state index contributed by atoms with van der Waals surface area (Å²) >= 11 is 11.9. The number of esters is 1. The van der Waals surface area contributed by atoms with Gasteiger partial charge in [0.2, 0.25) is 0 Å². The molecule has 0 amide bonds. The summed E-state index contributed by atoms with van der Waals surface area (Å²) in [5.74, 6) is 0.197. The van der Waals surface area contributed by atoms with E-state index in [0.29, 0.717) is 32.7 Å². The molecule has 0 aliphatic heterocycles. The van der Waals surface area contributed by atoms with Crippen molar-refractivity contribution < 1.29 is 18.7 Å². The van der Waals surface area contributed by atoms with E-state index in [1.807, 2.05) is 0 Å². The Morgan fingerprint density at radius 3 is 2.11 bits per heavy atom. The van der Waals surface area contributed by atoms with E-state index in [2.05, 4.69) is 0 Å². The molecule has 0 saturated carbocycles. The summed E-state index contributed by atoms with van der Waals surface area (Å²) in [4.78, 5) is 25.4. The lowest BCUT2D eigenvalue weighted by Crippen LogP contribution is -2.11. The van der Waals surface area contributed by atoms with Crippen LogP contribution in [0.2, 0.25) is 10.0 Å². The lowest BCUT2D eigenvalue weighted by molar-refractivity contribution is 0.0523. The average Bonchev–Trinajstić information content (AvgIpc) is 2.99. The number of Topliss-reactive ketones (excluding diaryl/α,β-unsaturated/α-hetero) is 1. The molecule has 6 heteroatoms. The Kier molecular flexibility index (Phi) is 6.22. The van der Waals surface area contributed by atoms with E-state index in [1.165, 1.54) is 0 Å². The molecular weight excluding hydrogens is 399 g/mol. The second-order valence-corrected chi connectivity index (χ2v) is 7.05. The number of hydrogen-bond donors (Lipinski definition) is 0. The van der Waals surface area contributed by atoms with Crippen molar-refractivity contribution >= 4 is 35.0 Å². The van der Waals surface area contributed by atoms with Gasteiger partial charge in [-0.2, -0.15) is 0 Å². The number of hydrogen-bond acceptors (Lipinski definition) is 4. The molecule has 4 nitrogen and oxygen atoms in total. The maximum atomic E-state index is 12.8. The first kappa shape index (κ1) is 20.2. The quantitative estimate of drug-likeness (QED) is 0.356. The number of aryl methyl sites for hydroxylation is 1. The van der Waals surface area contributed by atoms with E-state index >= 15 is 0 Å². The van der Waals surface area contributed by atoms with Crippen molar-refractivity contribution in [1.82, 2.24) is 0 Å². The van der Waals surface area contributed by atoms with Crippen molar-refractivity contribution in [2.75, 3.05) is 6.61 Å². The highest BCUT2D eigenvalue weighted by Gasteiger charge is 2.27. The van der Waals surface area contributed by atoms with Crippen LogP contribution in [-0.2, 0) is 11.2 Å². The second-order valence-electron chi connectivity index (χ2n) is 6.18. The predicted molar refractivity (Wildman–Crippen MR) is 109 cm³/mol. The first-order chi connectivity index (χ1) is 13.4. The van der Waals surface area contributed by atoms with E-state index in [1.54, 1.807) is 62.4 Å². The molecule has 0 saturated heterocycles. The number of benzene rings is 2. The third-order valence-corrected chi connectivity index (χ3v) is 4.78. The zero-order chi connectivity index (χ0) is 20.3. The first-order valence-corrected chi connectivity index (χ1v) is 9.50. The Hall–Kier alpha value is -2.56. The van der Waals surface area contributed by atoms with Crippen LogP contribution in [-0.4, -0.2) is 18.4 Å². The van der Waals surface area contributed by atoms with Gasteiger partial charge in [-0.25, -0.2) is 4.79 Å². The van der Waals surface area contributed by atoms with Crippen LogP contribution in [0.15, 0.2) is 52.9 Å². The first-order valence-electron chi connectivity index (χ1n) is 8.74. The number of carbonyl (C=O) groups excluding carboxylic acids is 2. The highest BCUT2D eigenvalue weighted by Crippen LogP contribution is 2.33. The Balaban J connectivity index is 2.07. The Bertz CT molecular complexity index is 1000. The van der Waals surface area contributed by atoms with Crippen LogP contribution in [0, 0.1) is 6.92 Å². The minimum atomic E-state index is -0.511. The zero-order valence-corrected chi connectivity index (χ0v) is 16.9. The number of carbonyl (C=O) groups is 2. The maximum Gasteiger partial charge on any atom is 0.342 e. The van der Waals surface area contributed by atoms with Gasteiger partial charge in [-0.1, -0.05) is 23.2 Å².